The van der Waals surface area contributed by atoms with Gasteiger partial charge in [-0.2, -0.15) is 0 Å². The molecule has 0 bridgehead atoms. The number of ether oxygens (including phenoxy) is 1. The summed E-state index contributed by atoms with van der Waals surface area (Å²) in [6.07, 6.45) is 6.70. The SMILES string of the molecule is CC(C)C1CC(CN=C(N)NCC2CCC2)CCO1. The second kappa shape index (κ2) is 7.13. The van der Waals surface area contributed by atoms with Gasteiger partial charge in [-0.25, -0.2) is 0 Å². The van der Waals surface area contributed by atoms with E-state index in [1.807, 2.05) is 0 Å². The highest BCUT2D eigenvalue weighted by Gasteiger charge is 2.24. The van der Waals surface area contributed by atoms with Gasteiger partial charge in [-0.1, -0.05) is 20.3 Å². The maximum Gasteiger partial charge on any atom is 0.188 e. The van der Waals surface area contributed by atoms with Gasteiger partial charge in [0.05, 0.1) is 6.10 Å². The lowest BCUT2D eigenvalue weighted by Crippen LogP contribution is -2.38. The fourth-order valence-corrected chi connectivity index (χ4v) is 2.76. The summed E-state index contributed by atoms with van der Waals surface area (Å²) in [7, 11) is 0. The quantitative estimate of drug-likeness (QED) is 0.592. The number of guanidine groups is 1. The minimum Gasteiger partial charge on any atom is -0.378 e. The summed E-state index contributed by atoms with van der Waals surface area (Å²) in [6, 6.07) is 0. The first kappa shape index (κ1) is 14.6. The van der Waals surface area contributed by atoms with E-state index >= 15 is 0 Å². The van der Waals surface area contributed by atoms with Gasteiger partial charge in [0.15, 0.2) is 5.96 Å². The molecule has 1 heterocycles. The average molecular weight is 267 g/mol. The van der Waals surface area contributed by atoms with Crippen LogP contribution in [0.15, 0.2) is 4.99 Å². The molecule has 1 aliphatic carbocycles. The second-order valence-electron chi connectivity index (χ2n) is 6.45. The lowest BCUT2D eigenvalue weighted by atomic mass is 9.85. The normalized spacial score (nSPS) is 29.3. The molecular formula is C15H29N3O. The molecule has 2 unspecified atom stereocenters. The van der Waals surface area contributed by atoms with Crippen LogP contribution in [0.25, 0.3) is 0 Å². The predicted molar refractivity (Wildman–Crippen MR) is 79.1 cm³/mol. The first-order valence-electron chi connectivity index (χ1n) is 7.80. The molecule has 1 saturated carbocycles. The van der Waals surface area contributed by atoms with Crippen LogP contribution in [0.4, 0.5) is 0 Å². The minimum atomic E-state index is 0.401. The van der Waals surface area contributed by atoms with Crippen molar-refractivity contribution in [2.45, 2.75) is 52.1 Å². The molecule has 0 aromatic rings. The molecule has 2 aliphatic rings. The van der Waals surface area contributed by atoms with E-state index in [1.165, 1.54) is 19.3 Å². The Morgan fingerprint density at radius 2 is 2.11 bits per heavy atom. The zero-order valence-corrected chi connectivity index (χ0v) is 12.4. The lowest BCUT2D eigenvalue weighted by molar-refractivity contribution is -0.0320. The molecule has 3 N–H and O–H groups in total. The van der Waals surface area contributed by atoms with E-state index in [4.69, 9.17) is 10.5 Å². The summed E-state index contributed by atoms with van der Waals surface area (Å²) < 4.78 is 5.78. The van der Waals surface area contributed by atoms with Gasteiger partial charge in [-0.15, -0.1) is 0 Å². The second-order valence-corrected chi connectivity index (χ2v) is 6.45. The van der Waals surface area contributed by atoms with Gasteiger partial charge in [0.1, 0.15) is 0 Å². The first-order valence-corrected chi connectivity index (χ1v) is 7.80. The van der Waals surface area contributed by atoms with Crippen LogP contribution >= 0.6 is 0 Å². The Hall–Kier alpha value is -0.770. The van der Waals surface area contributed by atoms with Crippen LogP contribution in [-0.4, -0.2) is 31.8 Å². The van der Waals surface area contributed by atoms with Gasteiger partial charge in [-0.3, -0.25) is 4.99 Å². The third kappa shape index (κ3) is 4.68. The van der Waals surface area contributed by atoms with Crippen LogP contribution in [0.2, 0.25) is 0 Å². The Kier molecular flexibility index (Phi) is 5.49. The molecule has 110 valence electrons. The molecule has 0 aromatic heterocycles. The van der Waals surface area contributed by atoms with Crippen LogP contribution in [0.3, 0.4) is 0 Å². The minimum absolute atomic E-state index is 0.401. The van der Waals surface area contributed by atoms with Crippen molar-refractivity contribution in [1.29, 1.82) is 0 Å². The molecule has 4 nitrogen and oxygen atoms in total. The third-order valence-electron chi connectivity index (χ3n) is 4.48. The van der Waals surface area contributed by atoms with Crippen LogP contribution < -0.4 is 11.1 Å². The summed E-state index contributed by atoms with van der Waals surface area (Å²) in [5.74, 6) is 2.67. The molecule has 0 spiro atoms. The van der Waals surface area contributed by atoms with Gasteiger partial charge in [0.2, 0.25) is 0 Å². The highest BCUT2D eigenvalue weighted by molar-refractivity contribution is 5.77. The largest absolute Gasteiger partial charge is 0.378 e. The van der Waals surface area contributed by atoms with Crippen LogP contribution in [0.5, 0.6) is 0 Å². The smallest absolute Gasteiger partial charge is 0.188 e. The van der Waals surface area contributed by atoms with E-state index in [1.54, 1.807) is 0 Å². The number of hydrogen-bond acceptors (Lipinski definition) is 2. The Labute approximate surface area is 117 Å². The van der Waals surface area contributed by atoms with E-state index in [-0.39, 0.29) is 0 Å². The fraction of sp³-hybridized carbons (Fsp3) is 0.933. The molecule has 2 atom stereocenters. The summed E-state index contributed by atoms with van der Waals surface area (Å²) in [5.41, 5.74) is 5.92. The van der Waals surface area contributed by atoms with Crippen molar-refractivity contribution < 1.29 is 4.74 Å². The Balaban J connectivity index is 1.67. The van der Waals surface area contributed by atoms with E-state index in [0.717, 1.165) is 38.5 Å². The summed E-state index contributed by atoms with van der Waals surface area (Å²) in [4.78, 5) is 4.50. The number of nitrogens with zero attached hydrogens (tertiary/aromatic N) is 1. The molecule has 0 radical (unpaired) electrons. The zero-order valence-electron chi connectivity index (χ0n) is 12.4. The molecule has 0 aromatic carbocycles. The van der Waals surface area contributed by atoms with Crippen molar-refractivity contribution in [3.05, 3.63) is 0 Å². The molecule has 1 saturated heterocycles. The summed E-state index contributed by atoms with van der Waals surface area (Å²) in [6.45, 7) is 7.17. The van der Waals surface area contributed by atoms with Gasteiger partial charge in [-0.05, 0) is 43.4 Å². The molecule has 0 amide bonds. The monoisotopic (exact) mass is 267 g/mol. The van der Waals surface area contributed by atoms with Crippen molar-refractivity contribution in [2.75, 3.05) is 19.7 Å². The van der Waals surface area contributed by atoms with Crippen LogP contribution in [0.1, 0.15) is 46.0 Å². The molecule has 2 fully saturated rings. The van der Waals surface area contributed by atoms with Crippen LogP contribution in [0, 0.1) is 17.8 Å². The lowest BCUT2D eigenvalue weighted by Gasteiger charge is -2.31. The molecule has 19 heavy (non-hydrogen) atoms. The Bertz CT molecular complexity index is 300. The van der Waals surface area contributed by atoms with Crippen molar-refractivity contribution in [2.24, 2.45) is 28.5 Å². The summed E-state index contributed by atoms with van der Waals surface area (Å²) >= 11 is 0. The van der Waals surface area contributed by atoms with Crippen molar-refractivity contribution >= 4 is 5.96 Å². The average Bonchev–Trinajstić information content (AvgIpc) is 2.35. The van der Waals surface area contributed by atoms with Gasteiger partial charge in [0.25, 0.3) is 0 Å². The number of rotatable bonds is 5. The van der Waals surface area contributed by atoms with Crippen molar-refractivity contribution in [3.63, 3.8) is 0 Å². The van der Waals surface area contributed by atoms with Gasteiger partial charge >= 0.3 is 0 Å². The van der Waals surface area contributed by atoms with Crippen molar-refractivity contribution in [3.8, 4) is 0 Å². The maximum atomic E-state index is 5.92. The van der Waals surface area contributed by atoms with Gasteiger partial charge in [0, 0.05) is 19.7 Å². The number of nitrogens with one attached hydrogen (secondary N) is 1. The van der Waals surface area contributed by atoms with E-state index in [2.05, 4.69) is 24.2 Å². The summed E-state index contributed by atoms with van der Waals surface area (Å²) in [5, 5.41) is 3.25. The molecular weight excluding hydrogens is 238 g/mol. The number of hydrogen-bond donors (Lipinski definition) is 2. The molecule has 1 aliphatic heterocycles. The first-order chi connectivity index (χ1) is 9.15. The highest BCUT2D eigenvalue weighted by Crippen LogP contribution is 2.26. The van der Waals surface area contributed by atoms with Crippen molar-refractivity contribution in [1.82, 2.24) is 5.32 Å². The predicted octanol–water partition coefficient (Wildman–Crippen LogP) is 2.14. The van der Waals surface area contributed by atoms with E-state index < -0.39 is 0 Å². The van der Waals surface area contributed by atoms with E-state index in [9.17, 15) is 0 Å². The Morgan fingerprint density at radius 1 is 1.32 bits per heavy atom. The van der Waals surface area contributed by atoms with E-state index in [0.29, 0.717) is 23.9 Å². The Morgan fingerprint density at radius 3 is 2.74 bits per heavy atom. The number of nitrogens with two attached hydrogens (primary N) is 1. The zero-order chi connectivity index (χ0) is 13.7. The maximum absolute atomic E-state index is 5.92. The third-order valence-corrected chi connectivity index (χ3v) is 4.48. The highest BCUT2D eigenvalue weighted by atomic mass is 16.5. The van der Waals surface area contributed by atoms with Gasteiger partial charge < -0.3 is 15.8 Å². The molecule has 2 rings (SSSR count). The standard InChI is InChI=1S/C15H29N3O/c1-11(2)14-8-13(6-7-19-14)10-18-15(16)17-9-12-4-3-5-12/h11-14H,3-10H2,1-2H3,(H3,16,17,18). The topological polar surface area (TPSA) is 59.6 Å². The fourth-order valence-electron chi connectivity index (χ4n) is 2.76. The number of aliphatic imine (C=N–C) groups is 1. The van der Waals surface area contributed by atoms with Crippen LogP contribution in [-0.2, 0) is 4.74 Å². The molecule has 4 heteroatoms.